The minimum Gasteiger partial charge on any atom is -0.298 e. The highest BCUT2D eigenvalue weighted by Gasteiger charge is 2.21. The van der Waals surface area contributed by atoms with E-state index in [0.717, 1.165) is 11.3 Å². The molecule has 0 aliphatic carbocycles. The summed E-state index contributed by atoms with van der Waals surface area (Å²) in [5.41, 5.74) is 1.67. The predicted molar refractivity (Wildman–Crippen MR) is 79.3 cm³/mol. The van der Waals surface area contributed by atoms with Crippen LogP contribution in [-0.2, 0) is 9.05 Å². The van der Waals surface area contributed by atoms with Gasteiger partial charge in [0.2, 0.25) is 0 Å². The molecule has 2 aromatic rings. The van der Waals surface area contributed by atoms with Gasteiger partial charge in [0.05, 0.1) is 22.6 Å². The van der Waals surface area contributed by atoms with Crippen LogP contribution in [0.1, 0.15) is 27.4 Å². The zero-order valence-electron chi connectivity index (χ0n) is 11.3. The van der Waals surface area contributed by atoms with E-state index in [-0.39, 0.29) is 15.0 Å². The summed E-state index contributed by atoms with van der Waals surface area (Å²) < 4.78 is 22.6. The SMILES string of the molecule is Cc1cc(C(=O)Nc2nc(C)c(S(=O)(=O)Cl)s2)c(C)nn1. The standard InChI is InChI=1S/C11H11ClN4O3S2/c1-5-4-8(6(2)16-15-5)9(17)14-11-13-7(3)10(20-11)21(12,18)19/h4H,1-3H3,(H,13,14,17). The molecule has 0 spiro atoms. The second kappa shape index (κ2) is 5.66. The third-order valence-corrected chi connectivity index (χ3v) is 5.79. The molecule has 0 atom stereocenters. The average Bonchev–Trinajstić information content (AvgIpc) is 2.73. The summed E-state index contributed by atoms with van der Waals surface area (Å²) in [6.45, 7) is 4.88. The van der Waals surface area contributed by atoms with Gasteiger partial charge in [0.1, 0.15) is 0 Å². The molecule has 0 aliphatic heterocycles. The van der Waals surface area contributed by atoms with E-state index in [2.05, 4.69) is 20.5 Å². The summed E-state index contributed by atoms with van der Waals surface area (Å²) in [6.07, 6.45) is 0. The molecule has 1 N–H and O–H groups in total. The Hall–Kier alpha value is -1.58. The van der Waals surface area contributed by atoms with Crippen LogP contribution in [0.4, 0.5) is 5.13 Å². The molecular weight excluding hydrogens is 336 g/mol. The first kappa shape index (κ1) is 15.8. The lowest BCUT2D eigenvalue weighted by Crippen LogP contribution is -2.15. The van der Waals surface area contributed by atoms with Gasteiger partial charge >= 0.3 is 0 Å². The molecule has 2 aromatic heterocycles. The van der Waals surface area contributed by atoms with E-state index in [9.17, 15) is 13.2 Å². The van der Waals surface area contributed by atoms with E-state index >= 15 is 0 Å². The zero-order chi connectivity index (χ0) is 15.8. The number of rotatable bonds is 3. The molecule has 10 heteroatoms. The largest absolute Gasteiger partial charge is 0.298 e. The summed E-state index contributed by atoms with van der Waals surface area (Å²) in [6, 6.07) is 1.59. The maximum absolute atomic E-state index is 12.2. The molecule has 0 aromatic carbocycles. The maximum atomic E-state index is 12.2. The van der Waals surface area contributed by atoms with Gasteiger partial charge in [0, 0.05) is 10.7 Å². The molecule has 7 nitrogen and oxygen atoms in total. The molecule has 0 radical (unpaired) electrons. The van der Waals surface area contributed by atoms with Gasteiger partial charge in [0.25, 0.3) is 15.0 Å². The topological polar surface area (TPSA) is 102 Å². The Morgan fingerprint density at radius 2 is 1.90 bits per heavy atom. The molecule has 0 saturated carbocycles. The summed E-state index contributed by atoms with van der Waals surface area (Å²) in [5, 5.41) is 10.4. The van der Waals surface area contributed by atoms with E-state index in [0.29, 0.717) is 17.0 Å². The van der Waals surface area contributed by atoms with Crippen molar-refractivity contribution in [2.75, 3.05) is 5.32 Å². The van der Waals surface area contributed by atoms with Crippen LogP contribution in [-0.4, -0.2) is 29.5 Å². The Labute approximate surface area is 129 Å². The predicted octanol–water partition coefficient (Wildman–Crippen LogP) is 2.04. The maximum Gasteiger partial charge on any atom is 0.272 e. The molecule has 0 fully saturated rings. The highest BCUT2D eigenvalue weighted by molar-refractivity contribution is 8.15. The number of carbonyl (C=O) groups is 1. The van der Waals surface area contributed by atoms with Crippen LogP contribution in [0, 0.1) is 20.8 Å². The van der Waals surface area contributed by atoms with Gasteiger partial charge in [-0.05, 0) is 26.8 Å². The van der Waals surface area contributed by atoms with Crippen molar-refractivity contribution >= 4 is 42.1 Å². The minimum atomic E-state index is -3.87. The number of aryl methyl sites for hydroxylation is 3. The summed E-state index contributed by atoms with van der Waals surface area (Å²) in [5.74, 6) is -0.433. The van der Waals surface area contributed by atoms with Crippen LogP contribution >= 0.6 is 22.0 Å². The Bertz CT molecular complexity index is 817. The van der Waals surface area contributed by atoms with E-state index in [1.54, 1.807) is 19.9 Å². The van der Waals surface area contributed by atoms with Crippen LogP contribution in [0.3, 0.4) is 0 Å². The lowest BCUT2D eigenvalue weighted by Gasteiger charge is -2.04. The molecule has 1 amide bonds. The second-order valence-corrected chi connectivity index (χ2v) is 8.03. The number of aromatic nitrogens is 3. The zero-order valence-corrected chi connectivity index (χ0v) is 13.7. The van der Waals surface area contributed by atoms with Gasteiger partial charge < -0.3 is 0 Å². The van der Waals surface area contributed by atoms with Crippen LogP contribution in [0.15, 0.2) is 10.3 Å². The van der Waals surface area contributed by atoms with Crippen molar-refractivity contribution in [1.29, 1.82) is 0 Å². The summed E-state index contributed by atoms with van der Waals surface area (Å²) in [7, 11) is 1.42. The van der Waals surface area contributed by atoms with Crippen LogP contribution < -0.4 is 5.32 Å². The lowest BCUT2D eigenvalue weighted by atomic mass is 10.2. The molecule has 0 unspecified atom stereocenters. The molecule has 2 heterocycles. The third-order valence-electron chi connectivity index (χ3n) is 2.54. The fraction of sp³-hybridized carbons (Fsp3) is 0.273. The first-order chi connectivity index (χ1) is 9.68. The van der Waals surface area contributed by atoms with Gasteiger partial charge in [-0.15, -0.1) is 0 Å². The first-order valence-corrected chi connectivity index (χ1v) is 8.85. The monoisotopic (exact) mass is 346 g/mol. The molecule has 0 bridgehead atoms. The molecule has 0 aliphatic rings. The normalized spacial score (nSPS) is 11.4. The fourth-order valence-corrected chi connectivity index (χ4v) is 3.95. The number of nitrogens with one attached hydrogen (secondary N) is 1. The lowest BCUT2D eigenvalue weighted by molar-refractivity contribution is 0.102. The second-order valence-electron chi connectivity index (χ2n) is 4.27. The third kappa shape index (κ3) is 3.55. The average molecular weight is 347 g/mol. The molecule has 0 saturated heterocycles. The van der Waals surface area contributed by atoms with Crippen molar-refractivity contribution in [3.05, 3.63) is 28.7 Å². The summed E-state index contributed by atoms with van der Waals surface area (Å²) in [4.78, 5) is 16.1. The quantitative estimate of drug-likeness (QED) is 0.853. The first-order valence-electron chi connectivity index (χ1n) is 5.73. The Balaban J connectivity index is 2.30. The Morgan fingerprint density at radius 1 is 1.24 bits per heavy atom. The number of hydrogen-bond acceptors (Lipinski definition) is 7. The number of halogens is 1. The van der Waals surface area contributed by atoms with Gasteiger partial charge in [-0.2, -0.15) is 10.2 Å². The van der Waals surface area contributed by atoms with Crippen molar-refractivity contribution in [2.24, 2.45) is 0 Å². The van der Waals surface area contributed by atoms with Crippen molar-refractivity contribution in [2.45, 2.75) is 25.0 Å². The molecule has 112 valence electrons. The molecule has 2 rings (SSSR count). The van der Waals surface area contributed by atoms with E-state index in [1.165, 1.54) is 6.92 Å². The Morgan fingerprint density at radius 3 is 2.48 bits per heavy atom. The van der Waals surface area contributed by atoms with Crippen molar-refractivity contribution in [3.63, 3.8) is 0 Å². The van der Waals surface area contributed by atoms with E-state index < -0.39 is 15.0 Å². The van der Waals surface area contributed by atoms with Crippen LogP contribution in [0.2, 0.25) is 0 Å². The smallest absolute Gasteiger partial charge is 0.272 e. The number of hydrogen-bond donors (Lipinski definition) is 1. The van der Waals surface area contributed by atoms with Crippen molar-refractivity contribution < 1.29 is 13.2 Å². The molecule has 21 heavy (non-hydrogen) atoms. The minimum absolute atomic E-state index is 0.0831. The van der Waals surface area contributed by atoms with Gasteiger partial charge in [-0.3, -0.25) is 10.1 Å². The van der Waals surface area contributed by atoms with Crippen molar-refractivity contribution in [1.82, 2.24) is 15.2 Å². The van der Waals surface area contributed by atoms with Gasteiger partial charge in [-0.1, -0.05) is 11.3 Å². The number of nitrogens with zero attached hydrogens (tertiary/aromatic N) is 3. The number of thiazole rings is 1. The van der Waals surface area contributed by atoms with Crippen LogP contribution in [0.5, 0.6) is 0 Å². The number of carbonyl (C=O) groups excluding carboxylic acids is 1. The number of amides is 1. The Kier molecular flexibility index (Phi) is 4.26. The highest BCUT2D eigenvalue weighted by Crippen LogP contribution is 2.29. The fourth-order valence-electron chi connectivity index (χ4n) is 1.61. The van der Waals surface area contributed by atoms with E-state index in [4.69, 9.17) is 10.7 Å². The van der Waals surface area contributed by atoms with Gasteiger partial charge in [-0.25, -0.2) is 13.4 Å². The van der Waals surface area contributed by atoms with Crippen LogP contribution in [0.25, 0.3) is 0 Å². The summed E-state index contributed by atoms with van der Waals surface area (Å²) >= 11 is 0.800. The van der Waals surface area contributed by atoms with Crippen molar-refractivity contribution in [3.8, 4) is 0 Å². The molecular formula is C11H11ClN4O3S2. The number of anilines is 1. The van der Waals surface area contributed by atoms with E-state index in [1.807, 2.05) is 0 Å². The van der Waals surface area contributed by atoms with Gasteiger partial charge in [0.15, 0.2) is 9.34 Å². The highest BCUT2D eigenvalue weighted by atomic mass is 35.7.